The number of nitrogens with zero attached hydrogens (tertiary/aromatic N) is 2. The second-order valence-electron chi connectivity index (χ2n) is 4.60. The molecule has 0 aromatic heterocycles. The van der Waals surface area contributed by atoms with E-state index in [4.69, 9.17) is 10.00 Å². The van der Waals surface area contributed by atoms with Crippen molar-refractivity contribution in [3.8, 4) is 6.07 Å². The van der Waals surface area contributed by atoms with Gasteiger partial charge in [-0.25, -0.2) is 0 Å². The smallest absolute Gasteiger partial charge is 0.225 e. The number of amides is 1. The van der Waals surface area contributed by atoms with Gasteiger partial charge < -0.3 is 9.64 Å². The molecule has 0 aliphatic carbocycles. The second-order valence-corrected chi connectivity index (χ2v) is 4.60. The highest BCUT2D eigenvalue weighted by atomic mass is 16.5. The number of hydrogen-bond donors (Lipinski definition) is 0. The zero-order valence-electron chi connectivity index (χ0n) is 10.9. The molecule has 0 aliphatic rings. The Bertz CT molecular complexity index is 269. The van der Waals surface area contributed by atoms with E-state index in [9.17, 15) is 4.79 Å². The number of hydrogen-bond acceptors (Lipinski definition) is 3. The summed E-state index contributed by atoms with van der Waals surface area (Å²) < 4.78 is 5.22. The van der Waals surface area contributed by atoms with Gasteiger partial charge in [0.15, 0.2) is 0 Å². The van der Waals surface area contributed by atoms with Crippen LogP contribution in [0, 0.1) is 17.2 Å². The van der Waals surface area contributed by atoms with Crippen LogP contribution in [0.15, 0.2) is 0 Å². The van der Waals surface area contributed by atoms with Crippen LogP contribution in [0.25, 0.3) is 0 Å². The van der Waals surface area contributed by atoms with Crippen molar-refractivity contribution in [2.75, 3.05) is 20.2 Å². The topological polar surface area (TPSA) is 53.3 Å². The fraction of sp³-hybridized carbons (Fsp3) is 0.833. The summed E-state index contributed by atoms with van der Waals surface area (Å²) in [6, 6.07) is 2.14. The Morgan fingerprint density at radius 1 is 1.56 bits per heavy atom. The average Bonchev–Trinajstić information content (AvgIpc) is 2.24. The molecular weight excluding hydrogens is 204 g/mol. The van der Waals surface area contributed by atoms with Gasteiger partial charge in [0, 0.05) is 20.2 Å². The van der Waals surface area contributed by atoms with E-state index >= 15 is 0 Å². The first kappa shape index (κ1) is 14.9. The second kappa shape index (κ2) is 6.49. The fourth-order valence-electron chi connectivity index (χ4n) is 1.33. The number of nitriles is 1. The molecule has 1 amide bonds. The number of methoxy groups -OCH3 is 1. The van der Waals surface area contributed by atoms with E-state index in [1.165, 1.54) is 0 Å². The summed E-state index contributed by atoms with van der Waals surface area (Å²) in [7, 11) is 1.60. The normalized spacial score (nSPS) is 13.0. The van der Waals surface area contributed by atoms with Crippen molar-refractivity contribution in [3.63, 3.8) is 0 Å². The molecule has 0 bridgehead atoms. The Balaban J connectivity index is 4.39. The van der Waals surface area contributed by atoms with Crippen molar-refractivity contribution < 1.29 is 9.53 Å². The Morgan fingerprint density at radius 2 is 2.12 bits per heavy atom. The molecule has 0 aromatic rings. The minimum absolute atomic E-state index is 0.0384. The summed E-state index contributed by atoms with van der Waals surface area (Å²) in [6.45, 7) is 8.62. The highest BCUT2D eigenvalue weighted by Crippen LogP contribution is 2.15. The van der Waals surface area contributed by atoms with Crippen molar-refractivity contribution >= 4 is 5.91 Å². The molecule has 0 aromatic carbocycles. The molecular formula is C12H22N2O2. The molecule has 0 saturated heterocycles. The van der Waals surface area contributed by atoms with Crippen molar-refractivity contribution in [3.05, 3.63) is 0 Å². The highest BCUT2D eigenvalue weighted by Gasteiger charge is 2.24. The minimum Gasteiger partial charge on any atom is -0.378 e. The Labute approximate surface area is 98.2 Å². The van der Waals surface area contributed by atoms with Gasteiger partial charge in [-0.3, -0.25) is 4.79 Å². The number of rotatable bonds is 6. The van der Waals surface area contributed by atoms with E-state index < -0.39 is 5.60 Å². The lowest BCUT2D eigenvalue weighted by Crippen LogP contribution is -2.39. The molecule has 0 saturated carbocycles. The summed E-state index contributed by atoms with van der Waals surface area (Å²) in [5.41, 5.74) is -0.444. The lowest BCUT2D eigenvalue weighted by molar-refractivity contribution is -0.136. The lowest BCUT2D eigenvalue weighted by atomic mass is 10.0. The van der Waals surface area contributed by atoms with Crippen LogP contribution in [0.2, 0.25) is 0 Å². The average molecular weight is 226 g/mol. The van der Waals surface area contributed by atoms with Crippen molar-refractivity contribution in [2.45, 2.75) is 39.7 Å². The quantitative estimate of drug-likeness (QED) is 0.694. The van der Waals surface area contributed by atoms with Crippen LogP contribution >= 0.6 is 0 Å². The number of carbonyl (C=O) groups is 1. The molecule has 0 aliphatic heterocycles. The fourth-order valence-corrected chi connectivity index (χ4v) is 1.33. The number of carbonyl (C=O) groups excluding carboxylic acids is 1. The molecule has 0 radical (unpaired) electrons. The van der Waals surface area contributed by atoms with Gasteiger partial charge in [0.25, 0.3) is 0 Å². The SMILES string of the molecule is CCN(CC(C)C#N)C(=O)CC(C)(C)OC. The Morgan fingerprint density at radius 3 is 2.50 bits per heavy atom. The third kappa shape index (κ3) is 5.13. The molecule has 1 unspecified atom stereocenters. The largest absolute Gasteiger partial charge is 0.378 e. The minimum atomic E-state index is -0.444. The van der Waals surface area contributed by atoms with Crippen LogP contribution in [-0.4, -0.2) is 36.6 Å². The van der Waals surface area contributed by atoms with Gasteiger partial charge in [-0.05, 0) is 27.7 Å². The molecule has 92 valence electrons. The van der Waals surface area contributed by atoms with Crippen LogP contribution in [0.4, 0.5) is 0 Å². The maximum atomic E-state index is 11.9. The molecule has 0 fully saturated rings. The van der Waals surface area contributed by atoms with Crippen molar-refractivity contribution in [2.24, 2.45) is 5.92 Å². The molecule has 0 spiro atoms. The van der Waals surface area contributed by atoms with Crippen molar-refractivity contribution in [1.82, 2.24) is 4.90 Å². The summed E-state index contributed by atoms with van der Waals surface area (Å²) >= 11 is 0. The Hall–Kier alpha value is -1.08. The van der Waals surface area contributed by atoms with Gasteiger partial charge in [-0.15, -0.1) is 0 Å². The summed E-state index contributed by atoms with van der Waals surface area (Å²) in [5, 5.41) is 8.73. The molecule has 16 heavy (non-hydrogen) atoms. The molecule has 4 nitrogen and oxygen atoms in total. The van der Waals surface area contributed by atoms with E-state index in [1.54, 1.807) is 12.0 Å². The summed E-state index contributed by atoms with van der Waals surface area (Å²) in [4.78, 5) is 13.6. The maximum Gasteiger partial charge on any atom is 0.225 e. The number of ether oxygens (including phenoxy) is 1. The molecule has 1 atom stereocenters. The van der Waals surface area contributed by atoms with Gasteiger partial charge in [0.1, 0.15) is 0 Å². The van der Waals surface area contributed by atoms with E-state index in [-0.39, 0.29) is 11.8 Å². The van der Waals surface area contributed by atoms with E-state index in [0.29, 0.717) is 19.5 Å². The molecule has 4 heteroatoms. The van der Waals surface area contributed by atoms with Gasteiger partial charge in [0.05, 0.1) is 24.0 Å². The standard InChI is InChI=1S/C12H22N2O2/c1-6-14(9-10(2)8-13)11(15)7-12(3,4)16-5/h10H,6-7,9H2,1-5H3. The zero-order valence-corrected chi connectivity index (χ0v) is 10.9. The summed E-state index contributed by atoms with van der Waals surface area (Å²) in [5.74, 6) is -0.0917. The van der Waals surface area contributed by atoms with Gasteiger partial charge >= 0.3 is 0 Å². The van der Waals surface area contributed by atoms with Crippen LogP contribution in [0.3, 0.4) is 0 Å². The highest BCUT2D eigenvalue weighted by molar-refractivity contribution is 5.77. The predicted octanol–water partition coefficient (Wildman–Crippen LogP) is 1.81. The van der Waals surface area contributed by atoms with Gasteiger partial charge in [0.2, 0.25) is 5.91 Å². The van der Waals surface area contributed by atoms with Crippen LogP contribution in [-0.2, 0) is 9.53 Å². The van der Waals surface area contributed by atoms with Crippen LogP contribution in [0.1, 0.15) is 34.1 Å². The molecule has 0 rings (SSSR count). The summed E-state index contributed by atoms with van der Waals surface area (Å²) in [6.07, 6.45) is 0.343. The monoisotopic (exact) mass is 226 g/mol. The first-order chi connectivity index (χ1) is 7.36. The van der Waals surface area contributed by atoms with E-state index in [0.717, 1.165) is 0 Å². The Kier molecular flexibility index (Phi) is 6.05. The zero-order chi connectivity index (χ0) is 12.8. The van der Waals surface area contributed by atoms with E-state index in [2.05, 4.69) is 6.07 Å². The first-order valence-corrected chi connectivity index (χ1v) is 5.58. The van der Waals surface area contributed by atoms with Gasteiger partial charge in [-0.1, -0.05) is 0 Å². The van der Waals surface area contributed by atoms with E-state index in [1.807, 2.05) is 27.7 Å². The third-order valence-corrected chi connectivity index (χ3v) is 2.58. The van der Waals surface area contributed by atoms with Crippen molar-refractivity contribution in [1.29, 1.82) is 5.26 Å². The first-order valence-electron chi connectivity index (χ1n) is 5.58. The van der Waals surface area contributed by atoms with Crippen LogP contribution < -0.4 is 0 Å². The predicted molar refractivity (Wildman–Crippen MR) is 62.7 cm³/mol. The third-order valence-electron chi connectivity index (χ3n) is 2.58. The lowest BCUT2D eigenvalue weighted by Gasteiger charge is -2.28. The molecule has 0 N–H and O–H groups in total. The molecule has 0 heterocycles. The van der Waals surface area contributed by atoms with Crippen LogP contribution in [0.5, 0.6) is 0 Å². The van der Waals surface area contributed by atoms with Gasteiger partial charge in [-0.2, -0.15) is 5.26 Å². The maximum absolute atomic E-state index is 11.9.